The minimum Gasteiger partial charge on any atom is -0.444 e. The molecule has 1 aliphatic rings. The summed E-state index contributed by atoms with van der Waals surface area (Å²) in [5, 5.41) is 2.65. The standard InChI is InChI=1S/C20H29N3O5/c1-20(2,3)28-19(26)21-16-7-5-15(6-8-16)13-17(24)22(4)14-18(25)23-9-11-27-12-10-23/h5-8H,9-14H2,1-4H3,(H,21,26). The molecule has 1 N–H and O–H groups in total. The van der Waals surface area contributed by atoms with Crippen LogP contribution in [-0.2, 0) is 25.5 Å². The third-order valence-electron chi connectivity index (χ3n) is 4.12. The van der Waals surface area contributed by atoms with E-state index in [1.54, 1.807) is 57.0 Å². The number of likely N-dealkylation sites (N-methyl/N-ethyl adjacent to an activating group) is 1. The third kappa shape index (κ3) is 7.19. The Hall–Kier alpha value is -2.61. The second-order valence-electron chi connectivity index (χ2n) is 7.74. The molecule has 2 rings (SSSR count). The van der Waals surface area contributed by atoms with Crippen molar-refractivity contribution < 1.29 is 23.9 Å². The summed E-state index contributed by atoms with van der Waals surface area (Å²) in [6, 6.07) is 6.96. The van der Waals surface area contributed by atoms with E-state index in [-0.39, 0.29) is 24.8 Å². The van der Waals surface area contributed by atoms with Crippen molar-refractivity contribution in [2.75, 3.05) is 45.2 Å². The highest BCUT2D eigenvalue weighted by Gasteiger charge is 2.20. The lowest BCUT2D eigenvalue weighted by molar-refractivity contribution is -0.141. The smallest absolute Gasteiger partial charge is 0.412 e. The number of nitrogens with zero attached hydrogens (tertiary/aromatic N) is 2. The van der Waals surface area contributed by atoms with Gasteiger partial charge in [0.1, 0.15) is 5.60 Å². The average Bonchev–Trinajstić information content (AvgIpc) is 2.62. The van der Waals surface area contributed by atoms with Crippen molar-refractivity contribution in [3.05, 3.63) is 29.8 Å². The number of benzene rings is 1. The van der Waals surface area contributed by atoms with Gasteiger partial charge in [-0.15, -0.1) is 0 Å². The van der Waals surface area contributed by atoms with Crippen LogP contribution in [0.4, 0.5) is 10.5 Å². The Kier molecular flexibility index (Phi) is 7.39. The van der Waals surface area contributed by atoms with Gasteiger partial charge in [0.05, 0.1) is 26.2 Å². The van der Waals surface area contributed by atoms with Crippen LogP contribution in [0, 0.1) is 0 Å². The van der Waals surface area contributed by atoms with Gasteiger partial charge in [-0.1, -0.05) is 12.1 Å². The fraction of sp³-hybridized carbons (Fsp3) is 0.550. The van der Waals surface area contributed by atoms with E-state index in [9.17, 15) is 14.4 Å². The molecule has 8 nitrogen and oxygen atoms in total. The van der Waals surface area contributed by atoms with E-state index in [0.29, 0.717) is 32.0 Å². The van der Waals surface area contributed by atoms with Crippen LogP contribution in [0.1, 0.15) is 26.3 Å². The van der Waals surface area contributed by atoms with Gasteiger partial charge in [-0.3, -0.25) is 14.9 Å². The molecule has 1 saturated heterocycles. The van der Waals surface area contributed by atoms with Crippen molar-refractivity contribution in [3.63, 3.8) is 0 Å². The summed E-state index contributed by atoms with van der Waals surface area (Å²) < 4.78 is 10.4. The number of ether oxygens (including phenoxy) is 2. The molecule has 1 aliphatic heterocycles. The molecular formula is C20H29N3O5. The summed E-state index contributed by atoms with van der Waals surface area (Å²) in [6.45, 7) is 7.63. The summed E-state index contributed by atoms with van der Waals surface area (Å²) in [5.74, 6) is -0.217. The maximum absolute atomic E-state index is 12.4. The molecule has 0 saturated carbocycles. The van der Waals surface area contributed by atoms with Gasteiger partial charge in [-0.25, -0.2) is 4.79 Å². The number of hydrogen-bond donors (Lipinski definition) is 1. The Labute approximate surface area is 165 Å². The van der Waals surface area contributed by atoms with Crippen LogP contribution >= 0.6 is 0 Å². The van der Waals surface area contributed by atoms with E-state index in [1.165, 1.54) is 4.90 Å². The summed E-state index contributed by atoms with van der Waals surface area (Å²) in [6.07, 6.45) is -0.350. The lowest BCUT2D eigenvalue weighted by atomic mass is 10.1. The quantitative estimate of drug-likeness (QED) is 0.828. The van der Waals surface area contributed by atoms with E-state index in [2.05, 4.69) is 5.32 Å². The van der Waals surface area contributed by atoms with Gasteiger partial charge < -0.3 is 19.3 Å². The fourth-order valence-electron chi connectivity index (χ4n) is 2.64. The van der Waals surface area contributed by atoms with E-state index in [4.69, 9.17) is 9.47 Å². The van der Waals surface area contributed by atoms with E-state index in [1.807, 2.05) is 0 Å². The Morgan fingerprint density at radius 2 is 1.75 bits per heavy atom. The normalized spacial score (nSPS) is 14.4. The number of carbonyl (C=O) groups is 3. The number of nitrogens with one attached hydrogen (secondary N) is 1. The van der Waals surface area contributed by atoms with Crippen LogP contribution in [0.2, 0.25) is 0 Å². The van der Waals surface area contributed by atoms with Gasteiger partial charge in [0.2, 0.25) is 11.8 Å². The zero-order valence-electron chi connectivity index (χ0n) is 17.0. The van der Waals surface area contributed by atoms with Crippen LogP contribution in [0.3, 0.4) is 0 Å². The number of anilines is 1. The fourth-order valence-corrected chi connectivity index (χ4v) is 2.64. The first-order valence-corrected chi connectivity index (χ1v) is 9.32. The Morgan fingerprint density at radius 3 is 2.32 bits per heavy atom. The molecule has 0 aromatic heterocycles. The zero-order valence-corrected chi connectivity index (χ0v) is 17.0. The van der Waals surface area contributed by atoms with Crippen molar-refractivity contribution in [1.29, 1.82) is 0 Å². The molecule has 1 heterocycles. The molecule has 3 amide bonds. The van der Waals surface area contributed by atoms with Gasteiger partial charge in [0, 0.05) is 25.8 Å². The van der Waals surface area contributed by atoms with E-state index < -0.39 is 11.7 Å². The lowest BCUT2D eigenvalue weighted by Gasteiger charge is -2.28. The van der Waals surface area contributed by atoms with Crippen LogP contribution in [0.5, 0.6) is 0 Å². The van der Waals surface area contributed by atoms with Crippen molar-refractivity contribution in [1.82, 2.24) is 9.80 Å². The van der Waals surface area contributed by atoms with Crippen LogP contribution in [0.15, 0.2) is 24.3 Å². The van der Waals surface area contributed by atoms with Crippen molar-refractivity contribution >= 4 is 23.6 Å². The first-order chi connectivity index (χ1) is 13.1. The maximum atomic E-state index is 12.4. The van der Waals surface area contributed by atoms with Gasteiger partial charge in [0.25, 0.3) is 0 Å². The van der Waals surface area contributed by atoms with Crippen LogP contribution < -0.4 is 5.32 Å². The molecule has 28 heavy (non-hydrogen) atoms. The number of hydrogen-bond acceptors (Lipinski definition) is 5. The average molecular weight is 391 g/mol. The lowest BCUT2D eigenvalue weighted by Crippen LogP contribution is -2.46. The molecule has 1 aromatic carbocycles. The monoisotopic (exact) mass is 391 g/mol. The van der Waals surface area contributed by atoms with E-state index in [0.717, 1.165) is 5.56 Å². The number of amides is 3. The highest BCUT2D eigenvalue weighted by Crippen LogP contribution is 2.14. The highest BCUT2D eigenvalue weighted by molar-refractivity contribution is 5.86. The second kappa shape index (κ2) is 9.54. The molecule has 0 aliphatic carbocycles. The predicted molar refractivity (Wildman–Crippen MR) is 105 cm³/mol. The van der Waals surface area contributed by atoms with Crippen LogP contribution in [-0.4, -0.2) is 73.2 Å². The summed E-state index contributed by atoms with van der Waals surface area (Å²) >= 11 is 0. The number of morpholine rings is 1. The number of rotatable bonds is 5. The third-order valence-corrected chi connectivity index (χ3v) is 4.12. The molecule has 0 radical (unpaired) electrons. The van der Waals surface area contributed by atoms with E-state index >= 15 is 0 Å². The molecule has 0 bridgehead atoms. The summed E-state index contributed by atoms with van der Waals surface area (Å²) in [7, 11) is 1.62. The predicted octanol–water partition coefficient (Wildman–Crippen LogP) is 1.89. The SMILES string of the molecule is CN(CC(=O)N1CCOCC1)C(=O)Cc1ccc(NC(=O)OC(C)(C)C)cc1. The maximum Gasteiger partial charge on any atom is 0.412 e. The zero-order chi connectivity index (χ0) is 20.7. The molecule has 1 fully saturated rings. The molecule has 0 unspecified atom stereocenters. The minimum absolute atomic E-state index is 0.0527. The largest absolute Gasteiger partial charge is 0.444 e. The van der Waals surface area contributed by atoms with Crippen LogP contribution in [0.25, 0.3) is 0 Å². The Morgan fingerprint density at radius 1 is 1.14 bits per heavy atom. The first-order valence-electron chi connectivity index (χ1n) is 9.32. The molecule has 1 aromatic rings. The van der Waals surface area contributed by atoms with Gasteiger partial charge in [0.15, 0.2) is 0 Å². The molecule has 154 valence electrons. The Balaban J connectivity index is 1.82. The molecular weight excluding hydrogens is 362 g/mol. The van der Waals surface area contributed by atoms with Crippen molar-refractivity contribution in [2.45, 2.75) is 32.8 Å². The van der Waals surface area contributed by atoms with Gasteiger partial charge in [-0.05, 0) is 38.5 Å². The topological polar surface area (TPSA) is 88.2 Å². The van der Waals surface area contributed by atoms with Crippen molar-refractivity contribution in [3.8, 4) is 0 Å². The molecule has 0 atom stereocenters. The van der Waals surface area contributed by atoms with Gasteiger partial charge in [-0.2, -0.15) is 0 Å². The van der Waals surface area contributed by atoms with Crippen molar-refractivity contribution in [2.24, 2.45) is 0 Å². The summed E-state index contributed by atoms with van der Waals surface area (Å²) in [5.41, 5.74) is 0.811. The highest BCUT2D eigenvalue weighted by atomic mass is 16.6. The molecule has 8 heteroatoms. The first kappa shape index (κ1) is 21.7. The Bertz CT molecular complexity index is 691. The second-order valence-corrected chi connectivity index (χ2v) is 7.74. The number of carbonyl (C=O) groups excluding carboxylic acids is 3. The van der Waals surface area contributed by atoms with Gasteiger partial charge >= 0.3 is 6.09 Å². The minimum atomic E-state index is -0.570. The molecule has 0 spiro atoms. The summed E-state index contributed by atoms with van der Waals surface area (Å²) in [4.78, 5) is 39.6.